The van der Waals surface area contributed by atoms with E-state index in [1.165, 1.54) is 0 Å². The van der Waals surface area contributed by atoms with Crippen LogP contribution in [0.3, 0.4) is 0 Å². The van der Waals surface area contributed by atoms with Crippen LogP contribution in [-0.4, -0.2) is 10.1 Å². The number of hydrogen-bond donors (Lipinski definition) is 1. The predicted octanol–water partition coefficient (Wildman–Crippen LogP) is 3.68. The fraction of sp³-hybridized carbons (Fsp3) is 0.214. The maximum Gasteiger partial charge on any atom is 0.123 e. The first kappa shape index (κ1) is 12.2. The zero-order valence-electron chi connectivity index (χ0n) is 9.53. The van der Waals surface area contributed by atoms with Gasteiger partial charge >= 0.3 is 0 Å². The zero-order valence-corrected chi connectivity index (χ0v) is 11.9. The van der Waals surface area contributed by atoms with Gasteiger partial charge in [0.1, 0.15) is 6.10 Å². The van der Waals surface area contributed by atoms with Gasteiger partial charge in [-0.15, -0.1) is 0 Å². The molecule has 0 spiro atoms. The molecule has 1 aliphatic carbocycles. The Morgan fingerprint density at radius 3 is 2.89 bits per heavy atom. The van der Waals surface area contributed by atoms with Crippen LogP contribution in [0.4, 0.5) is 0 Å². The Bertz CT molecular complexity index is 615. The number of fused-ring (bicyclic) bond motifs is 2. The average molecular weight is 325 g/mol. The molecule has 0 amide bonds. The molecule has 1 heterocycles. The van der Waals surface area contributed by atoms with E-state index in [4.69, 9.17) is 11.6 Å². The molecule has 1 aliphatic rings. The van der Waals surface area contributed by atoms with Crippen LogP contribution in [0.15, 0.2) is 34.9 Å². The smallest absolute Gasteiger partial charge is 0.123 e. The fourth-order valence-electron chi connectivity index (χ4n) is 2.45. The Balaban J connectivity index is 2.20. The first-order valence-corrected chi connectivity index (χ1v) is 6.93. The van der Waals surface area contributed by atoms with Gasteiger partial charge in [0.15, 0.2) is 0 Å². The Morgan fingerprint density at radius 2 is 2.06 bits per heavy atom. The zero-order chi connectivity index (χ0) is 12.7. The summed E-state index contributed by atoms with van der Waals surface area (Å²) in [5.41, 5.74) is 3.69. The lowest BCUT2D eigenvalue weighted by Crippen LogP contribution is -2.05. The Hall–Kier alpha value is -0.900. The number of rotatable bonds is 0. The molecule has 0 fully saturated rings. The van der Waals surface area contributed by atoms with Crippen molar-refractivity contribution in [3.8, 4) is 0 Å². The quantitative estimate of drug-likeness (QED) is 0.802. The summed E-state index contributed by atoms with van der Waals surface area (Å²) in [5, 5.41) is 11.1. The molecule has 92 valence electrons. The van der Waals surface area contributed by atoms with Crippen molar-refractivity contribution in [1.82, 2.24) is 4.98 Å². The highest BCUT2D eigenvalue weighted by molar-refractivity contribution is 9.10. The van der Waals surface area contributed by atoms with Crippen LogP contribution in [0.1, 0.15) is 28.5 Å². The lowest BCUT2D eigenvalue weighted by Gasteiger charge is -2.14. The van der Waals surface area contributed by atoms with E-state index < -0.39 is 6.10 Å². The van der Waals surface area contributed by atoms with E-state index in [0.29, 0.717) is 10.7 Å². The molecule has 1 unspecified atom stereocenters. The molecule has 0 bridgehead atoms. The lowest BCUT2D eigenvalue weighted by molar-refractivity contribution is 0.214. The summed E-state index contributed by atoms with van der Waals surface area (Å²) >= 11 is 9.63. The average Bonchev–Trinajstić information content (AvgIpc) is 2.48. The highest BCUT2D eigenvalue weighted by Crippen LogP contribution is 2.36. The lowest BCUT2D eigenvalue weighted by atomic mass is 10.0. The fourth-order valence-corrected chi connectivity index (χ4v) is 3.13. The van der Waals surface area contributed by atoms with Crippen LogP contribution in [0.25, 0.3) is 0 Å². The summed E-state index contributed by atoms with van der Waals surface area (Å²) in [6.45, 7) is 0. The second-order valence-corrected chi connectivity index (χ2v) is 5.74. The normalized spacial score (nSPS) is 17.8. The van der Waals surface area contributed by atoms with Gasteiger partial charge in [0.2, 0.25) is 0 Å². The van der Waals surface area contributed by atoms with Gasteiger partial charge in [-0.25, -0.2) is 0 Å². The van der Waals surface area contributed by atoms with Gasteiger partial charge in [0.25, 0.3) is 0 Å². The van der Waals surface area contributed by atoms with Crippen molar-refractivity contribution in [1.29, 1.82) is 0 Å². The van der Waals surface area contributed by atoms with E-state index in [1.54, 1.807) is 6.20 Å². The van der Waals surface area contributed by atoms with Crippen molar-refractivity contribution in [2.75, 3.05) is 0 Å². The van der Waals surface area contributed by atoms with Crippen molar-refractivity contribution in [3.05, 3.63) is 62.3 Å². The summed E-state index contributed by atoms with van der Waals surface area (Å²) < 4.78 is 0.936. The molecule has 2 nitrogen and oxygen atoms in total. The van der Waals surface area contributed by atoms with E-state index in [1.807, 2.05) is 24.3 Å². The SMILES string of the molecule is OC1c2ncc(Br)cc2CCc2cccc(Cl)c21. The largest absolute Gasteiger partial charge is 0.382 e. The van der Waals surface area contributed by atoms with Crippen molar-refractivity contribution in [2.45, 2.75) is 18.9 Å². The number of hydrogen-bond acceptors (Lipinski definition) is 2. The maximum atomic E-state index is 10.5. The Labute approximate surface area is 119 Å². The first-order chi connectivity index (χ1) is 8.66. The Morgan fingerprint density at radius 1 is 1.28 bits per heavy atom. The minimum absolute atomic E-state index is 0.609. The van der Waals surface area contributed by atoms with Gasteiger partial charge in [-0.1, -0.05) is 23.7 Å². The number of aliphatic hydroxyl groups is 1. The van der Waals surface area contributed by atoms with Crippen LogP contribution >= 0.6 is 27.5 Å². The molecule has 3 rings (SSSR count). The summed E-state index contributed by atoms with van der Waals surface area (Å²) in [5.74, 6) is 0. The molecule has 0 saturated carbocycles. The van der Waals surface area contributed by atoms with Crippen molar-refractivity contribution >= 4 is 27.5 Å². The summed E-state index contributed by atoms with van der Waals surface area (Å²) in [7, 11) is 0. The predicted molar refractivity (Wildman–Crippen MR) is 74.9 cm³/mol. The first-order valence-electron chi connectivity index (χ1n) is 5.76. The van der Waals surface area contributed by atoms with Crippen LogP contribution in [0.5, 0.6) is 0 Å². The highest BCUT2D eigenvalue weighted by atomic mass is 79.9. The number of halogens is 2. The monoisotopic (exact) mass is 323 g/mol. The molecule has 1 aromatic carbocycles. The number of nitrogens with zero attached hydrogens (tertiary/aromatic N) is 1. The number of pyridine rings is 1. The molecule has 18 heavy (non-hydrogen) atoms. The summed E-state index contributed by atoms with van der Waals surface area (Å²) in [6, 6.07) is 7.78. The third-order valence-electron chi connectivity index (χ3n) is 3.31. The molecule has 2 aromatic rings. The number of benzene rings is 1. The topological polar surface area (TPSA) is 33.1 Å². The minimum Gasteiger partial charge on any atom is -0.382 e. The van der Waals surface area contributed by atoms with Crippen molar-refractivity contribution in [3.63, 3.8) is 0 Å². The molecule has 4 heteroatoms. The van der Waals surface area contributed by atoms with E-state index >= 15 is 0 Å². The molecular weight excluding hydrogens is 314 g/mol. The number of aromatic nitrogens is 1. The van der Waals surface area contributed by atoms with Crippen molar-refractivity contribution < 1.29 is 5.11 Å². The summed E-state index contributed by atoms with van der Waals surface area (Å²) in [6.07, 6.45) is 2.72. The molecular formula is C14H11BrClNO. The van der Waals surface area contributed by atoms with Gasteiger partial charge in [-0.3, -0.25) is 4.98 Å². The highest BCUT2D eigenvalue weighted by Gasteiger charge is 2.25. The van der Waals surface area contributed by atoms with Gasteiger partial charge in [-0.05, 0) is 52.0 Å². The van der Waals surface area contributed by atoms with Crippen LogP contribution in [-0.2, 0) is 12.8 Å². The van der Waals surface area contributed by atoms with Crippen LogP contribution in [0, 0.1) is 0 Å². The second-order valence-electron chi connectivity index (χ2n) is 4.41. The standard InChI is InChI=1S/C14H11BrClNO/c15-10-6-9-5-4-8-2-1-3-11(16)12(8)14(18)13(9)17-7-10/h1-3,6-7,14,18H,4-5H2. The summed E-state index contributed by atoms with van der Waals surface area (Å²) in [4.78, 5) is 4.34. The van der Waals surface area contributed by atoms with E-state index in [2.05, 4.69) is 20.9 Å². The Kier molecular flexibility index (Phi) is 3.14. The van der Waals surface area contributed by atoms with Gasteiger partial charge in [-0.2, -0.15) is 0 Å². The molecule has 1 N–H and O–H groups in total. The molecule has 1 atom stereocenters. The third kappa shape index (κ3) is 1.96. The number of aliphatic hydroxyl groups excluding tert-OH is 1. The van der Waals surface area contributed by atoms with Gasteiger partial charge in [0, 0.05) is 21.3 Å². The van der Waals surface area contributed by atoms with E-state index in [9.17, 15) is 5.11 Å². The maximum absolute atomic E-state index is 10.5. The van der Waals surface area contributed by atoms with Crippen molar-refractivity contribution in [2.24, 2.45) is 0 Å². The molecule has 0 saturated heterocycles. The second kappa shape index (κ2) is 4.65. The van der Waals surface area contributed by atoms with Crippen LogP contribution < -0.4 is 0 Å². The molecule has 1 aromatic heterocycles. The van der Waals surface area contributed by atoms with E-state index in [-0.39, 0.29) is 0 Å². The van der Waals surface area contributed by atoms with Gasteiger partial charge < -0.3 is 5.11 Å². The van der Waals surface area contributed by atoms with Crippen LogP contribution in [0.2, 0.25) is 5.02 Å². The van der Waals surface area contributed by atoms with E-state index in [0.717, 1.165) is 34.0 Å². The minimum atomic E-state index is -0.737. The molecule has 0 radical (unpaired) electrons. The van der Waals surface area contributed by atoms with Gasteiger partial charge in [0.05, 0.1) is 5.69 Å². The number of aryl methyl sites for hydroxylation is 2. The third-order valence-corrected chi connectivity index (χ3v) is 4.07. The molecule has 0 aliphatic heterocycles.